The highest BCUT2D eigenvalue weighted by molar-refractivity contribution is 7.12. The lowest BCUT2D eigenvalue weighted by Crippen LogP contribution is -2.52. The minimum absolute atomic E-state index is 0.138. The van der Waals surface area contributed by atoms with E-state index in [1.54, 1.807) is 11.3 Å². The van der Waals surface area contributed by atoms with Gasteiger partial charge in [0.15, 0.2) is 0 Å². The molecule has 2 aliphatic rings. The highest BCUT2D eigenvalue weighted by atomic mass is 32.1. The molecule has 2 fully saturated rings. The number of rotatable bonds is 3. The molecule has 2 saturated heterocycles. The molecule has 0 unspecified atom stereocenters. The van der Waals surface area contributed by atoms with Gasteiger partial charge in [-0.3, -0.25) is 14.5 Å². The van der Waals surface area contributed by atoms with Gasteiger partial charge in [0.1, 0.15) is 0 Å². The summed E-state index contributed by atoms with van der Waals surface area (Å²) in [6, 6.07) is 1.99. The van der Waals surface area contributed by atoms with Crippen LogP contribution in [0.2, 0.25) is 0 Å². The summed E-state index contributed by atoms with van der Waals surface area (Å²) in [6.07, 6.45) is 3.51. The first kappa shape index (κ1) is 17.4. The third kappa shape index (κ3) is 3.98. The van der Waals surface area contributed by atoms with E-state index in [0.717, 1.165) is 49.5 Å². The van der Waals surface area contributed by atoms with Gasteiger partial charge in [0.2, 0.25) is 5.91 Å². The number of amides is 2. The molecule has 2 amide bonds. The van der Waals surface area contributed by atoms with Crippen molar-refractivity contribution in [2.75, 3.05) is 45.8 Å². The van der Waals surface area contributed by atoms with Crippen LogP contribution in [0.15, 0.2) is 6.07 Å². The molecule has 0 spiro atoms. The predicted molar refractivity (Wildman–Crippen MR) is 96.6 cm³/mol. The SMILES string of the molecule is Cc1cc(C(=O)N2CCN(CC(=O)N3CCCCC3)CC2)c(C)s1. The maximum Gasteiger partial charge on any atom is 0.255 e. The maximum atomic E-state index is 12.6. The second-order valence-electron chi connectivity index (χ2n) is 6.84. The molecule has 3 heterocycles. The first-order valence-electron chi connectivity index (χ1n) is 8.91. The van der Waals surface area contributed by atoms with Crippen molar-refractivity contribution in [2.45, 2.75) is 33.1 Å². The third-order valence-corrected chi connectivity index (χ3v) is 5.96. The van der Waals surface area contributed by atoms with E-state index >= 15 is 0 Å². The number of piperazine rings is 1. The molecule has 0 radical (unpaired) electrons. The summed E-state index contributed by atoms with van der Waals surface area (Å²) >= 11 is 1.68. The van der Waals surface area contributed by atoms with E-state index in [2.05, 4.69) is 4.90 Å². The van der Waals surface area contributed by atoms with Crippen LogP contribution in [0.3, 0.4) is 0 Å². The minimum atomic E-state index is 0.138. The Balaban J connectivity index is 1.49. The Hall–Kier alpha value is -1.40. The molecule has 0 atom stereocenters. The minimum Gasteiger partial charge on any atom is -0.342 e. The molecule has 24 heavy (non-hydrogen) atoms. The van der Waals surface area contributed by atoms with Crippen molar-refractivity contribution in [2.24, 2.45) is 0 Å². The number of piperidine rings is 1. The number of nitrogens with zero attached hydrogens (tertiary/aromatic N) is 3. The molecule has 0 aromatic carbocycles. The van der Waals surface area contributed by atoms with E-state index in [1.165, 1.54) is 11.3 Å². The molecule has 6 heteroatoms. The predicted octanol–water partition coefficient (Wildman–Crippen LogP) is 2.14. The number of carbonyl (C=O) groups is 2. The topological polar surface area (TPSA) is 43.9 Å². The molecule has 2 aliphatic heterocycles. The zero-order chi connectivity index (χ0) is 17.1. The number of carbonyl (C=O) groups excluding carboxylic acids is 2. The summed E-state index contributed by atoms with van der Waals surface area (Å²) < 4.78 is 0. The lowest BCUT2D eigenvalue weighted by molar-refractivity contribution is -0.133. The van der Waals surface area contributed by atoms with Gasteiger partial charge in [-0.05, 0) is 39.2 Å². The summed E-state index contributed by atoms with van der Waals surface area (Å²) in [6.45, 7) is 9.36. The van der Waals surface area contributed by atoms with Crippen LogP contribution in [0.1, 0.15) is 39.4 Å². The van der Waals surface area contributed by atoms with Crippen molar-refractivity contribution in [3.8, 4) is 0 Å². The van der Waals surface area contributed by atoms with Crippen LogP contribution < -0.4 is 0 Å². The van der Waals surface area contributed by atoms with Crippen LogP contribution in [-0.2, 0) is 4.79 Å². The van der Waals surface area contributed by atoms with Crippen molar-refractivity contribution in [3.05, 3.63) is 21.4 Å². The lowest BCUT2D eigenvalue weighted by atomic mass is 10.1. The van der Waals surface area contributed by atoms with Gasteiger partial charge in [0.25, 0.3) is 5.91 Å². The molecule has 1 aromatic heterocycles. The van der Waals surface area contributed by atoms with Crippen LogP contribution in [-0.4, -0.2) is 72.3 Å². The Morgan fingerprint density at radius 2 is 1.62 bits per heavy atom. The molecule has 1 aromatic rings. The molecule has 132 valence electrons. The number of thiophene rings is 1. The Bertz CT molecular complexity index is 599. The summed E-state index contributed by atoms with van der Waals surface area (Å²) in [5.74, 6) is 0.387. The summed E-state index contributed by atoms with van der Waals surface area (Å²) in [5.41, 5.74) is 0.843. The fourth-order valence-corrected chi connectivity index (χ4v) is 4.47. The maximum absolute atomic E-state index is 12.6. The molecule has 0 bridgehead atoms. The fraction of sp³-hybridized carbons (Fsp3) is 0.667. The summed E-state index contributed by atoms with van der Waals surface area (Å²) in [7, 11) is 0. The van der Waals surface area contributed by atoms with Gasteiger partial charge in [-0.15, -0.1) is 11.3 Å². The van der Waals surface area contributed by atoms with Crippen LogP contribution in [0, 0.1) is 13.8 Å². The van der Waals surface area contributed by atoms with Crippen molar-refractivity contribution in [3.63, 3.8) is 0 Å². The van der Waals surface area contributed by atoms with Crippen LogP contribution >= 0.6 is 11.3 Å². The zero-order valence-electron chi connectivity index (χ0n) is 14.7. The Kier molecular flexibility index (Phi) is 5.56. The average molecular weight is 350 g/mol. The number of hydrogen-bond acceptors (Lipinski definition) is 4. The fourth-order valence-electron chi connectivity index (χ4n) is 3.56. The van der Waals surface area contributed by atoms with E-state index < -0.39 is 0 Å². The standard InChI is InChI=1S/C18H27N3O2S/c1-14-12-16(15(2)24-14)18(23)21-10-8-19(9-11-21)13-17(22)20-6-4-3-5-7-20/h12H,3-11,13H2,1-2H3. The zero-order valence-corrected chi connectivity index (χ0v) is 15.5. The monoisotopic (exact) mass is 349 g/mol. The number of aryl methyl sites for hydroxylation is 2. The van der Waals surface area contributed by atoms with Gasteiger partial charge in [-0.2, -0.15) is 0 Å². The van der Waals surface area contributed by atoms with Gasteiger partial charge < -0.3 is 9.80 Å². The lowest BCUT2D eigenvalue weighted by Gasteiger charge is -2.36. The van der Waals surface area contributed by atoms with E-state index in [1.807, 2.05) is 29.7 Å². The molecule has 0 N–H and O–H groups in total. The second-order valence-corrected chi connectivity index (χ2v) is 8.30. The van der Waals surface area contributed by atoms with E-state index in [9.17, 15) is 9.59 Å². The normalized spacial score (nSPS) is 19.6. The smallest absolute Gasteiger partial charge is 0.255 e. The number of likely N-dealkylation sites (tertiary alicyclic amines) is 1. The molecular formula is C18H27N3O2S. The molecule has 5 nitrogen and oxygen atoms in total. The van der Waals surface area contributed by atoms with Crippen LogP contribution in [0.25, 0.3) is 0 Å². The second kappa shape index (κ2) is 7.66. The quantitative estimate of drug-likeness (QED) is 0.840. The Labute approximate surface area is 148 Å². The van der Waals surface area contributed by atoms with Crippen molar-refractivity contribution >= 4 is 23.2 Å². The van der Waals surface area contributed by atoms with Gasteiger partial charge in [-0.25, -0.2) is 0 Å². The van der Waals surface area contributed by atoms with Crippen molar-refractivity contribution < 1.29 is 9.59 Å². The highest BCUT2D eigenvalue weighted by Crippen LogP contribution is 2.22. The van der Waals surface area contributed by atoms with Gasteiger partial charge in [0.05, 0.1) is 12.1 Å². The highest BCUT2D eigenvalue weighted by Gasteiger charge is 2.26. The van der Waals surface area contributed by atoms with Crippen molar-refractivity contribution in [1.82, 2.24) is 14.7 Å². The van der Waals surface area contributed by atoms with Crippen molar-refractivity contribution in [1.29, 1.82) is 0 Å². The van der Waals surface area contributed by atoms with E-state index in [4.69, 9.17) is 0 Å². The van der Waals surface area contributed by atoms with Crippen LogP contribution in [0.4, 0.5) is 0 Å². The van der Waals surface area contributed by atoms with Gasteiger partial charge in [-0.1, -0.05) is 0 Å². The van der Waals surface area contributed by atoms with Crippen LogP contribution in [0.5, 0.6) is 0 Å². The first-order valence-corrected chi connectivity index (χ1v) is 9.72. The number of hydrogen-bond donors (Lipinski definition) is 0. The molecular weight excluding hydrogens is 322 g/mol. The third-order valence-electron chi connectivity index (χ3n) is 5.00. The molecule has 0 aliphatic carbocycles. The van der Waals surface area contributed by atoms with E-state index in [-0.39, 0.29) is 11.8 Å². The Morgan fingerprint density at radius 3 is 2.21 bits per heavy atom. The van der Waals surface area contributed by atoms with E-state index in [0.29, 0.717) is 19.6 Å². The summed E-state index contributed by atoms with van der Waals surface area (Å²) in [5, 5.41) is 0. The van der Waals surface area contributed by atoms with Gasteiger partial charge >= 0.3 is 0 Å². The summed E-state index contributed by atoms with van der Waals surface area (Å²) in [4.78, 5) is 33.4. The van der Waals surface area contributed by atoms with Gasteiger partial charge in [0, 0.05) is 49.0 Å². The first-order chi connectivity index (χ1) is 11.5. The molecule has 0 saturated carbocycles. The average Bonchev–Trinajstić information content (AvgIpc) is 2.94. The largest absolute Gasteiger partial charge is 0.342 e. The molecule has 3 rings (SSSR count). The Morgan fingerprint density at radius 1 is 0.958 bits per heavy atom.